The summed E-state index contributed by atoms with van der Waals surface area (Å²) in [6.45, 7) is 3.37. The van der Waals surface area contributed by atoms with Crippen LogP contribution in [0.5, 0.6) is 0 Å². The van der Waals surface area contributed by atoms with Gasteiger partial charge in [-0.3, -0.25) is 4.79 Å². The number of alkyl halides is 2. The zero-order chi connectivity index (χ0) is 15.6. The normalized spacial score (nSPS) is 12.5. The van der Waals surface area contributed by atoms with Gasteiger partial charge in [0.1, 0.15) is 0 Å². The standard InChI is InChI=1S/C12H16F2N2O3S/c1-12(2,15)7-10(17)16-8-3-5-9(6-4-8)20(18,19)11(13)14/h3-6,11H,7,15H2,1-2H3,(H,16,17). The number of hydrogen-bond acceptors (Lipinski definition) is 4. The molecule has 1 aromatic rings. The summed E-state index contributed by atoms with van der Waals surface area (Å²) >= 11 is 0. The monoisotopic (exact) mass is 306 g/mol. The number of hydrogen-bond donors (Lipinski definition) is 2. The van der Waals surface area contributed by atoms with Crippen molar-refractivity contribution in [2.75, 3.05) is 5.32 Å². The Kier molecular flexibility index (Phi) is 4.82. The number of halogens is 2. The molecule has 0 radical (unpaired) electrons. The molecule has 1 rings (SSSR count). The third-order valence-electron chi connectivity index (χ3n) is 2.32. The number of carbonyl (C=O) groups excluding carboxylic acids is 1. The predicted octanol–water partition coefficient (Wildman–Crippen LogP) is 1.75. The predicted molar refractivity (Wildman–Crippen MR) is 71.1 cm³/mol. The lowest BCUT2D eigenvalue weighted by molar-refractivity contribution is -0.117. The Bertz CT molecular complexity index is 578. The maximum absolute atomic E-state index is 12.3. The third kappa shape index (κ3) is 4.53. The quantitative estimate of drug-likeness (QED) is 0.867. The highest BCUT2D eigenvalue weighted by molar-refractivity contribution is 7.91. The summed E-state index contributed by atoms with van der Waals surface area (Å²) in [6.07, 6.45) is 0.0735. The molecular weight excluding hydrogens is 290 g/mol. The van der Waals surface area contributed by atoms with Gasteiger partial charge in [-0.15, -0.1) is 0 Å². The first-order valence-corrected chi connectivity index (χ1v) is 7.28. The largest absolute Gasteiger partial charge is 0.341 e. The fraction of sp³-hybridized carbons (Fsp3) is 0.417. The van der Waals surface area contributed by atoms with E-state index in [1.807, 2.05) is 0 Å². The summed E-state index contributed by atoms with van der Waals surface area (Å²) in [4.78, 5) is 11.1. The number of amides is 1. The molecule has 0 aliphatic rings. The molecule has 1 amide bonds. The van der Waals surface area contributed by atoms with Crippen LogP contribution in [0.15, 0.2) is 29.2 Å². The summed E-state index contributed by atoms with van der Waals surface area (Å²) in [5.74, 6) is -3.82. The van der Waals surface area contributed by atoms with Gasteiger partial charge in [-0.25, -0.2) is 8.42 Å². The molecule has 0 heterocycles. The molecule has 8 heteroatoms. The van der Waals surface area contributed by atoms with Crippen molar-refractivity contribution in [2.24, 2.45) is 5.73 Å². The van der Waals surface area contributed by atoms with Crippen LogP contribution in [0, 0.1) is 0 Å². The maximum atomic E-state index is 12.3. The average molecular weight is 306 g/mol. The van der Waals surface area contributed by atoms with E-state index in [1.54, 1.807) is 13.8 Å². The van der Waals surface area contributed by atoms with Crippen LogP contribution in [0.1, 0.15) is 20.3 Å². The Labute approximate surface area is 116 Å². The smallest absolute Gasteiger partial charge is 0.326 e. The molecule has 0 unspecified atom stereocenters. The van der Waals surface area contributed by atoms with Gasteiger partial charge in [0.15, 0.2) is 0 Å². The lowest BCUT2D eigenvalue weighted by Crippen LogP contribution is -2.36. The second kappa shape index (κ2) is 5.84. The number of carbonyl (C=O) groups is 1. The zero-order valence-corrected chi connectivity index (χ0v) is 11.9. The molecule has 0 aliphatic heterocycles. The molecule has 0 aromatic heterocycles. The van der Waals surface area contributed by atoms with E-state index < -0.39 is 26.0 Å². The van der Waals surface area contributed by atoms with Gasteiger partial charge < -0.3 is 11.1 Å². The van der Waals surface area contributed by atoms with Gasteiger partial charge in [-0.1, -0.05) is 0 Å². The minimum atomic E-state index is -4.62. The molecule has 0 saturated carbocycles. The summed E-state index contributed by atoms with van der Waals surface area (Å²) in [6, 6.07) is 4.53. The molecule has 0 fully saturated rings. The lowest BCUT2D eigenvalue weighted by atomic mass is 10.0. The van der Waals surface area contributed by atoms with Gasteiger partial charge in [0.25, 0.3) is 0 Å². The lowest BCUT2D eigenvalue weighted by Gasteiger charge is -2.17. The third-order valence-corrected chi connectivity index (χ3v) is 3.72. The summed E-state index contributed by atoms with van der Waals surface area (Å²) < 4.78 is 47.0. The van der Waals surface area contributed by atoms with Crippen LogP contribution in [0.25, 0.3) is 0 Å². The number of nitrogens with two attached hydrogens (primary N) is 1. The summed E-state index contributed by atoms with van der Waals surface area (Å²) in [7, 11) is -4.62. The maximum Gasteiger partial charge on any atom is 0.341 e. The molecular formula is C12H16F2N2O3S. The van der Waals surface area contributed by atoms with Crippen molar-refractivity contribution in [1.82, 2.24) is 0 Å². The fourth-order valence-electron chi connectivity index (χ4n) is 1.45. The van der Waals surface area contributed by atoms with Crippen LogP contribution < -0.4 is 11.1 Å². The molecule has 20 heavy (non-hydrogen) atoms. The van der Waals surface area contributed by atoms with E-state index in [0.717, 1.165) is 12.1 Å². The van der Waals surface area contributed by atoms with Crippen LogP contribution in [0.2, 0.25) is 0 Å². The highest BCUT2D eigenvalue weighted by atomic mass is 32.2. The fourth-order valence-corrected chi connectivity index (χ4v) is 2.17. The Hall–Kier alpha value is -1.54. The Balaban J connectivity index is 2.81. The Morgan fingerprint density at radius 2 is 1.80 bits per heavy atom. The topological polar surface area (TPSA) is 89.3 Å². The highest BCUT2D eigenvalue weighted by Gasteiger charge is 2.26. The van der Waals surface area contributed by atoms with Crippen LogP contribution in [0.3, 0.4) is 0 Å². The first-order chi connectivity index (χ1) is 9.02. The number of rotatable bonds is 5. The summed E-state index contributed by atoms with van der Waals surface area (Å²) in [5, 5.41) is 2.51. The van der Waals surface area contributed by atoms with Gasteiger partial charge in [0.2, 0.25) is 15.7 Å². The van der Waals surface area contributed by atoms with Crippen LogP contribution >= 0.6 is 0 Å². The minimum absolute atomic E-state index is 0.0735. The molecule has 3 N–H and O–H groups in total. The minimum Gasteiger partial charge on any atom is -0.326 e. The molecule has 0 bridgehead atoms. The number of nitrogens with one attached hydrogen (secondary N) is 1. The van der Waals surface area contributed by atoms with E-state index in [4.69, 9.17) is 5.73 Å². The van der Waals surface area contributed by atoms with E-state index >= 15 is 0 Å². The number of benzene rings is 1. The zero-order valence-electron chi connectivity index (χ0n) is 11.1. The van der Waals surface area contributed by atoms with Gasteiger partial charge in [0, 0.05) is 17.6 Å². The molecule has 1 aromatic carbocycles. The van der Waals surface area contributed by atoms with Crippen molar-refractivity contribution >= 4 is 21.4 Å². The van der Waals surface area contributed by atoms with Crippen molar-refractivity contribution in [2.45, 2.75) is 36.5 Å². The molecule has 112 valence electrons. The SMILES string of the molecule is CC(C)(N)CC(=O)Nc1ccc(S(=O)(=O)C(F)F)cc1. The van der Waals surface area contributed by atoms with E-state index in [0.29, 0.717) is 5.69 Å². The molecule has 0 aliphatic carbocycles. The van der Waals surface area contributed by atoms with Gasteiger partial charge in [0.05, 0.1) is 4.90 Å². The van der Waals surface area contributed by atoms with Gasteiger partial charge in [-0.05, 0) is 38.1 Å². The van der Waals surface area contributed by atoms with Crippen molar-refractivity contribution in [3.63, 3.8) is 0 Å². The van der Waals surface area contributed by atoms with Crippen LogP contribution in [-0.2, 0) is 14.6 Å². The summed E-state index contributed by atoms with van der Waals surface area (Å²) in [5.41, 5.74) is 5.32. The van der Waals surface area contributed by atoms with Crippen LogP contribution in [0.4, 0.5) is 14.5 Å². The number of anilines is 1. The second-order valence-electron chi connectivity index (χ2n) is 5.04. The van der Waals surface area contributed by atoms with E-state index in [2.05, 4.69) is 5.32 Å². The van der Waals surface area contributed by atoms with Crippen molar-refractivity contribution in [3.8, 4) is 0 Å². The Morgan fingerprint density at radius 1 is 1.30 bits per heavy atom. The van der Waals surface area contributed by atoms with Gasteiger partial charge >= 0.3 is 5.76 Å². The van der Waals surface area contributed by atoms with Crippen molar-refractivity contribution < 1.29 is 22.0 Å². The second-order valence-corrected chi connectivity index (χ2v) is 6.96. The molecule has 0 spiro atoms. The van der Waals surface area contributed by atoms with Crippen molar-refractivity contribution in [3.05, 3.63) is 24.3 Å². The molecule has 5 nitrogen and oxygen atoms in total. The molecule has 0 atom stereocenters. The number of sulfone groups is 1. The van der Waals surface area contributed by atoms with E-state index in [-0.39, 0.29) is 12.3 Å². The van der Waals surface area contributed by atoms with Gasteiger partial charge in [-0.2, -0.15) is 8.78 Å². The van der Waals surface area contributed by atoms with Crippen LogP contribution in [-0.4, -0.2) is 25.6 Å². The average Bonchev–Trinajstić information content (AvgIpc) is 2.26. The van der Waals surface area contributed by atoms with E-state index in [9.17, 15) is 22.0 Å². The Morgan fingerprint density at radius 3 is 2.20 bits per heavy atom. The molecule has 0 saturated heterocycles. The van der Waals surface area contributed by atoms with Crippen molar-refractivity contribution in [1.29, 1.82) is 0 Å². The highest BCUT2D eigenvalue weighted by Crippen LogP contribution is 2.20. The van der Waals surface area contributed by atoms with E-state index in [1.165, 1.54) is 12.1 Å². The first kappa shape index (κ1) is 16.5. The first-order valence-electron chi connectivity index (χ1n) is 5.73.